The van der Waals surface area contributed by atoms with Gasteiger partial charge in [0.2, 0.25) is 0 Å². The highest BCUT2D eigenvalue weighted by atomic mass is 16.5. The van der Waals surface area contributed by atoms with Crippen molar-refractivity contribution in [3.63, 3.8) is 0 Å². The van der Waals surface area contributed by atoms with Crippen LogP contribution in [0.2, 0.25) is 0 Å². The van der Waals surface area contributed by atoms with Gasteiger partial charge in [0.25, 0.3) is 0 Å². The van der Waals surface area contributed by atoms with Gasteiger partial charge in [-0.3, -0.25) is 9.69 Å². The number of carboxylic acid groups (broad SMARTS) is 1. The Morgan fingerprint density at radius 3 is 2.61 bits per heavy atom. The number of carbonyl (C=O) groups excluding carboxylic acids is 1. The minimum atomic E-state index is -0.811. The Labute approximate surface area is 166 Å². The molecule has 0 unspecified atom stereocenters. The molecule has 1 aromatic carbocycles. The molecule has 0 radical (unpaired) electrons. The minimum Gasteiger partial charge on any atom is -0.490 e. The Bertz CT molecular complexity index is 669. The predicted octanol–water partition coefficient (Wildman–Crippen LogP) is 2.74. The molecule has 2 aliphatic carbocycles. The van der Waals surface area contributed by atoms with Crippen LogP contribution in [0.4, 0.5) is 4.79 Å². The van der Waals surface area contributed by atoms with Crippen molar-refractivity contribution in [1.29, 1.82) is 0 Å². The number of nitrogens with one attached hydrogen (secondary N) is 2. The van der Waals surface area contributed by atoms with E-state index in [1.807, 2.05) is 36.1 Å². The molecule has 154 valence electrons. The van der Waals surface area contributed by atoms with Crippen LogP contribution < -0.4 is 15.4 Å². The van der Waals surface area contributed by atoms with E-state index in [2.05, 4.69) is 10.6 Å². The number of hydrogen-bond acceptors (Lipinski definition) is 4. The molecule has 2 fully saturated rings. The molecule has 0 atom stereocenters. The summed E-state index contributed by atoms with van der Waals surface area (Å²) in [5.74, 6) is 0.0418. The summed E-state index contributed by atoms with van der Waals surface area (Å²) in [5, 5.41) is 14.8. The van der Waals surface area contributed by atoms with Crippen molar-refractivity contribution in [3.05, 3.63) is 29.8 Å². The third kappa shape index (κ3) is 5.61. The van der Waals surface area contributed by atoms with Gasteiger partial charge < -0.3 is 20.5 Å². The van der Waals surface area contributed by atoms with Crippen LogP contribution in [0, 0.1) is 0 Å². The van der Waals surface area contributed by atoms with Gasteiger partial charge in [-0.05, 0) is 51.1 Å². The number of benzene rings is 1. The Morgan fingerprint density at radius 1 is 1.21 bits per heavy atom. The highest BCUT2D eigenvalue weighted by molar-refractivity contribution is 5.74. The highest BCUT2D eigenvalue weighted by Gasteiger charge is 2.34. The number of nitrogens with zero attached hydrogens (tertiary/aromatic N) is 1. The second-order valence-corrected chi connectivity index (χ2v) is 7.74. The van der Waals surface area contributed by atoms with Crippen molar-refractivity contribution >= 4 is 12.0 Å². The van der Waals surface area contributed by atoms with E-state index >= 15 is 0 Å². The molecule has 2 aliphatic rings. The zero-order chi connectivity index (χ0) is 19.9. The molecule has 7 heteroatoms. The van der Waals surface area contributed by atoms with E-state index in [9.17, 15) is 9.59 Å². The smallest absolute Gasteiger partial charge is 0.317 e. The van der Waals surface area contributed by atoms with Gasteiger partial charge in [0.05, 0.1) is 12.6 Å². The van der Waals surface area contributed by atoms with Crippen molar-refractivity contribution in [2.75, 3.05) is 13.1 Å². The first kappa shape index (κ1) is 20.5. The number of hydrogen-bond donors (Lipinski definition) is 3. The molecule has 1 aromatic rings. The van der Waals surface area contributed by atoms with Crippen LogP contribution in [0.3, 0.4) is 0 Å². The monoisotopic (exact) mass is 389 g/mol. The minimum absolute atomic E-state index is 0.0534. The quantitative estimate of drug-likeness (QED) is 0.604. The zero-order valence-corrected chi connectivity index (χ0v) is 16.5. The fourth-order valence-corrected chi connectivity index (χ4v) is 4.04. The van der Waals surface area contributed by atoms with Crippen molar-refractivity contribution < 1.29 is 19.4 Å². The highest BCUT2D eigenvalue weighted by Crippen LogP contribution is 2.27. The maximum Gasteiger partial charge on any atom is 0.317 e. The molecule has 2 amide bonds. The van der Waals surface area contributed by atoms with Crippen LogP contribution in [0.5, 0.6) is 5.75 Å². The first-order chi connectivity index (χ1) is 13.5. The normalized spacial score (nSPS) is 21.9. The maximum absolute atomic E-state index is 12.2. The third-order valence-electron chi connectivity index (χ3n) is 5.72. The average molecular weight is 389 g/mol. The van der Waals surface area contributed by atoms with Crippen molar-refractivity contribution in [1.82, 2.24) is 15.5 Å². The van der Waals surface area contributed by atoms with Gasteiger partial charge in [-0.25, -0.2) is 4.79 Å². The Morgan fingerprint density at radius 2 is 1.93 bits per heavy atom. The molecule has 28 heavy (non-hydrogen) atoms. The average Bonchev–Trinajstić information content (AvgIpc) is 3.15. The lowest BCUT2D eigenvalue weighted by molar-refractivity contribution is -0.139. The van der Waals surface area contributed by atoms with E-state index in [-0.39, 0.29) is 30.8 Å². The summed E-state index contributed by atoms with van der Waals surface area (Å²) in [5.41, 5.74) is 0.981. The number of para-hydroxylation sites is 1. The summed E-state index contributed by atoms with van der Waals surface area (Å²) in [7, 11) is 0. The van der Waals surface area contributed by atoms with E-state index in [0.717, 1.165) is 37.0 Å². The fraction of sp³-hybridized carbons (Fsp3) is 0.619. The summed E-state index contributed by atoms with van der Waals surface area (Å²) < 4.78 is 6.11. The summed E-state index contributed by atoms with van der Waals surface area (Å²) in [6.45, 7) is 3.14. The van der Waals surface area contributed by atoms with Gasteiger partial charge in [0, 0.05) is 24.2 Å². The molecule has 3 N–H and O–H groups in total. The van der Waals surface area contributed by atoms with Gasteiger partial charge >= 0.3 is 12.0 Å². The van der Waals surface area contributed by atoms with Gasteiger partial charge in [-0.15, -0.1) is 0 Å². The third-order valence-corrected chi connectivity index (χ3v) is 5.72. The second-order valence-electron chi connectivity index (χ2n) is 7.74. The number of likely N-dealkylation sites (N-methyl/N-ethyl adjacent to an activating group) is 1. The van der Waals surface area contributed by atoms with E-state index in [4.69, 9.17) is 9.84 Å². The predicted molar refractivity (Wildman–Crippen MR) is 106 cm³/mol. The standard InChI is InChI=1S/C21H31N3O4/c1-2-24(14-20(25)26)17-11-16(12-17)23-21(27)22-13-15-7-3-6-10-19(15)28-18-8-4-5-9-18/h3,6-7,10,16-18H,2,4-5,8-9,11-14H2,1H3,(H,25,26)(H2,22,23,27). The Kier molecular flexibility index (Phi) is 7.14. The lowest BCUT2D eigenvalue weighted by Crippen LogP contribution is -2.56. The lowest BCUT2D eigenvalue weighted by atomic mass is 9.85. The molecule has 0 spiro atoms. The topological polar surface area (TPSA) is 90.9 Å². The number of amides is 2. The Hall–Kier alpha value is -2.28. The number of aliphatic carboxylic acids is 1. The number of carboxylic acids is 1. The fourth-order valence-electron chi connectivity index (χ4n) is 4.04. The summed E-state index contributed by atoms with van der Waals surface area (Å²) in [6.07, 6.45) is 6.50. The molecule has 0 saturated heterocycles. The lowest BCUT2D eigenvalue weighted by Gasteiger charge is -2.42. The maximum atomic E-state index is 12.2. The first-order valence-corrected chi connectivity index (χ1v) is 10.3. The molecular weight excluding hydrogens is 358 g/mol. The number of rotatable bonds is 9. The van der Waals surface area contributed by atoms with Crippen LogP contribution in [0.25, 0.3) is 0 Å². The zero-order valence-electron chi connectivity index (χ0n) is 16.5. The number of carbonyl (C=O) groups is 2. The summed E-state index contributed by atoms with van der Waals surface area (Å²) in [6, 6.07) is 7.99. The summed E-state index contributed by atoms with van der Waals surface area (Å²) >= 11 is 0. The van der Waals surface area contributed by atoms with Crippen LogP contribution >= 0.6 is 0 Å². The van der Waals surface area contributed by atoms with E-state index < -0.39 is 5.97 Å². The largest absolute Gasteiger partial charge is 0.490 e. The van der Waals surface area contributed by atoms with Crippen LogP contribution in [0.15, 0.2) is 24.3 Å². The molecule has 0 aliphatic heterocycles. The van der Waals surface area contributed by atoms with Gasteiger partial charge in [0.1, 0.15) is 5.75 Å². The van der Waals surface area contributed by atoms with Crippen LogP contribution in [0.1, 0.15) is 51.0 Å². The SMILES string of the molecule is CCN(CC(=O)O)C1CC(NC(=O)NCc2ccccc2OC2CCCC2)C1. The van der Waals surface area contributed by atoms with Crippen molar-refractivity contribution in [2.45, 2.75) is 70.2 Å². The van der Waals surface area contributed by atoms with E-state index in [0.29, 0.717) is 13.1 Å². The van der Waals surface area contributed by atoms with Crippen LogP contribution in [-0.4, -0.2) is 53.3 Å². The molecule has 3 rings (SSSR count). The second kappa shape index (κ2) is 9.78. The summed E-state index contributed by atoms with van der Waals surface area (Å²) in [4.78, 5) is 25.1. The number of ether oxygens (including phenoxy) is 1. The number of urea groups is 1. The van der Waals surface area contributed by atoms with E-state index in [1.54, 1.807) is 0 Å². The Balaban J connectivity index is 1.41. The molecule has 0 heterocycles. The molecule has 2 saturated carbocycles. The van der Waals surface area contributed by atoms with E-state index in [1.165, 1.54) is 12.8 Å². The van der Waals surface area contributed by atoms with Gasteiger partial charge in [-0.1, -0.05) is 25.1 Å². The molecule has 0 aromatic heterocycles. The van der Waals surface area contributed by atoms with Gasteiger partial charge in [0.15, 0.2) is 0 Å². The molecule has 0 bridgehead atoms. The first-order valence-electron chi connectivity index (χ1n) is 10.3. The van der Waals surface area contributed by atoms with Crippen molar-refractivity contribution in [2.24, 2.45) is 0 Å². The van der Waals surface area contributed by atoms with Crippen LogP contribution in [-0.2, 0) is 11.3 Å². The molecular formula is C21H31N3O4. The van der Waals surface area contributed by atoms with Crippen molar-refractivity contribution in [3.8, 4) is 5.75 Å². The molecule has 7 nitrogen and oxygen atoms in total. The van der Waals surface area contributed by atoms with Gasteiger partial charge in [-0.2, -0.15) is 0 Å².